The largest absolute Gasteiger partial charge is 0.383 e. The first kappa shape index (κ1) is 14.3. The van der Waals surface area contributed by atoms with Crippen LogP contribution in [0.1, 0.15) is 19.4 Å². The molecule has 0 spiro atoms. The van der Waals surface area contributed by atoms with E-state index in [4.69, 9.17) is 22.1 Å². The maximum atomic E-state index is 6.06. The molecule has 3 nitrogen and oxygen atoms in total. The van der Waals surface area contributed by atoms with Crippen LogP contribution in [0.25, 0.3) is 0 Å². The maximum absolute atomic E-state index is 6.06. The number of hydrogen-bond donors (Lipinski definition) is 1. The van der Waals surface area contributed by atoms with E-state index in [9.17, 15) is 0 Å². The molecule has 0 bridgehead atoms. The highest BCUT2D eigenvalue weighted by Gasteiger charge is 2.14. The molecule has 1 rings (SSSR count). The molecule has 0 aromatic heterocycles. The molecule has 0 fully saturated rings. The predicted molar refractivity (Wildman–Crippen MR) is 73.7 cm³/mol. The number of methoxy groups -OCH3 is 1. The lowest BCUT2D eigenvalue weighted by Gasteiger charge is -2.30. The number of ether oxygens (including phenoxy) is 1. The first-order chi connectivity index (χ1) is 8.10. The van der Waals surface area contributed by atoms with E-state index in [-0.39, 0.29) is 0 Å². The minimum absolute atomic E-state index is 0.383. The zero-order valence-electron chi connectivity index (χ0n) is 10.7. The van der Waals surface area contributed by atoms with E-state index >= 15 is 0 Å². The van der Waals surface area contributed by atoms with Crippen molar-refractivity contribution in [3.8, 4) is 0 Å². The highest BCUT2D eigenvalue weighted by molar-refractivity contribution is 6.30. The average Bonchev–Trinajstić information content (AvgIpc) is 2.29. The standard InChI is InChI=1S/C13H21ClN2O/c1-10(2)16(6-7-17-3)13-8-12(14)5-4-11(13)9-15/h4-5,8,10H,6-7,9,15H2,1-3H3. The molecule has 17 heavy (non-hydrogen) atoms. The van der Waals surface area contributed by atoms with Gasteiger partial charge in [-0.05, 0) is 31.5 Å². The highest BCUT2D eigenvalue weighted by atomic mass is 35.5. The number of halogens is 1. The van der Waals surface area contributed by atoms with Gasteiger partial charge in [0.2, 0.25) is 0 Å². The van der Waals surface area contributed by atoms with Crippen molar-refractivity contribution in [1.29, 1.82) is 0 Å². The molecular weight excluding hydrogens is 236 g/mol. The van der Waals surface area contributed by atoms with E-state index in [2.05, 4.69) is 18.7 Å². The summed E-state index contributed by atoms with van der Waals surface area (Å²) >= 11 is 6.06. The van der Waals surface area contributed by atoms with Crippen molar-refractivity contribution >= 4 is 17.3 Å². The van der Waals surface area contributed by atoms with Gasteiger partial charge in [0, 0.05) is 37.0 Å². The van der Waals surface area contributed by atoms with Gasteiger partial charge in [0.05, 0.1) is 6.61 Å². The molecule has 0 saturated heterocycles. The van der Waals surface area contributed by atoms with Gasteiger partial charge in [-0.25, -0.2) is 0 Å². The van der Waals surface area contributed by atoms with Gasteiger partial charge in [-0.15, -0.1) is 0 Å². The van der Waals surface area contributed by atoms with Crippen LogP contribution in [-0.2, 0) is 11.3 Å². The van der Waals surface area contributed by atoms with Crippen LogP contribution >= 0.6 is 11.6 Å². The minimum Gasteiger partial charge on any atom is -0.383 e. The molecule has 0 aliphatic heterocycles. The number of hydrogen-bond acceptors (Lipinski definition) is 3. The molecule has 0 aliphatic carbocycles. The molecule has 0 radical (unpaired) electrons. The van der Waals surface area contributed by atoms with Crippen molar-refractivity contribution < 1.29 is 4.74 Å². The van der Waals surface area contributed by atoms with Crippen molar-refractivity contribution in [2.24, 2.45) is 5.73 Å². The second kappa shape index (κ2) is 6.84. The lowest BCUT2D eigenvalue weighted by molar-refractivity contribution is 0.204. The zero-order chi connectivity index (χ0) is 12.8. The van der Waals surface area contributed by atoms with Crippen LogP contribution in [0.4, 0.5) is 5.69 Å². The summed E-state index contributed by atoms with van der Waals surface area (Å²) in [5.74, 6) is 0. The lowest BCUT2D eigenvalue weighted by Crippen LogP contribution is -2.34. The Hall–Kier alpha value is -0.770. The normalized spacial score (nSPS) is 10.9. The quantitative estimate of drug-likeness (QED) is 0.851. The minimum atomic E-state index is 0.383. The Kier molecular flexibility index (Phi) is 5.75. The number of nitrogens with two attached hydrogens (primary N) is 1. The number of anilines is 1. The van der Waals surface area contributed by atoms with E-state index in [1.54, 1.807) is 7.11 Å². The molecule has 0 heterocycles. The second-order valence-electron chi connectivity index (χ2n) is 4.26. The molecule has 4 heteroatoms. The fourth-order valence-electron chi connectivity index (χ4n) is 1.82. The Morgan fingerprint density at radius 3 is 2.65 bits per heavy atom. The summed E-state index contributed by atoms with van der Waals surface area (Å²) in [4.78, 5) is 2.26. The highest BCUT2D eigenvalue weighted by Crippen LogP contribution is 2.26. The Balaban J connectivity index is 3.02. The van der Waals surface area contributed by atoms with E-state index in [1.807, 2.05) is 18.2 Å². The van der Waals surface area contributed by atoms with Crippen molar-refractivity contribution in [2.75, 3.05) is 25.2 Å². The van der Waals surface area contributed by atoms with Crippen molar-refractivity contribution in [2.45, 2.75) is 26.4 Å². The number of benzene rings is 1. The summed E-state index contributed by atoms with van der Waals surface area (Å²) in [6.45, 7) is 6.34. The first-order valence-corrected chi connectivity index (χ1v) is 6.22. The molecule has 0 aliphatic rings. The zero-order valence-corrected chi connectivity index (χ0v) is 11.5. The topological polar surface area (TPSA) is 38.5 Å². The summed E-state index contributed by atoms with van der Waals surface area (Å²) in [6.07, 6.45) is 0. The van der Waals surface area contributed by atoms with Crippen LogP contribution in [0.5, 0.6) is 0 Å². The molecule has 1 aromatic carbocycles. The van der Waals surface area contributed by atoms with E-state index in [1.165, 1.54) is 0 Å². The SMILES string of the molecule is COCCN(c1cc(Cl)ccc1CN)C(C)C. The molecular formula is C13H21ClN2O. The fourth-order valence-corrected chi connectivity index (χ4v) is 1.99. The van der Waals surface area contributed by atoms with E-state index in [0.717, 1.165) is 22.8 Å². The van der Waals surface area contributed by atoms with Crippen LogP contribution in [-0.4, -0.2) is 26.3 Å². The van der Waals surface area contributed by atoms with Gasteiger partial charge in [-0.1, -0.05) is 17.7 Å². The summed E-state index contributed by atoms with van der Waals surface area (Å²) in [5, 5.41) is 0.736. The number of nitrogens with zero attached hydrogens (tertiary/aromatic N) is 1. The molecule has 0 amide bonds. The maximum Gasteiger partial charge on any atom is 0.0637 e. The average molecular weight is 257 g/mol. The third-order valence-corrected chi connectivity index (χ3v) is 2.97. The summed E-state index contributed by atoms with van der Waals surface area (Å²) in [7, 11) is 1.71. The van der Waals surface area contributed by atoms with Crippen LogP contribution < -0.4 is 10.6 Å². The summed E-state index contributed by atoms with van der Waals surface area (Å²) < 4.78 is 5.14. The van der Waals surface area contributed by atoms with Gasteiger partial charge in [-0.3, -0.25) is 0 Å². The Labute approximate surface area is 109 Å². The molecule has 0 unspecified atom stereocenters. The van der Waals surface area contributed by atoms with Gasteiger partial charge < -0.3 is 15.4 Å². The lowest BCUT2D eigenvalue weighted by atomic mass is 10.1. The van der Waals surface area contributed by atoms with Gasteiger partial charge >= 0.3 is 0 Å². The van der Waals surface area contributed by atoms with Gasteiger partial charge in [0.25, 0.3) is 0 Å². The van der Waals surface area contributed by atoms with Crippen LogP contribution in [0, 0.1) is 0 Å². The molecule has 0 saturated carbocycles. The Morgan fingerprint density at radius 1 is 1.41 bits per heavy atom. The smallest absolute Gasteiger partial charge is 0.0637 e. The first-order valence-electron chi connectivity index (χ1n) is 5.84. The van der Waals surface area contributed by atoms with Crippen LogP contribution in [0.2, 0.25) is 5.02 Å². The Bertz CT molecular complexity index is 355. The second-order valence-corrected chi connectivity index (χ2v) is 4.69. The monoisotopic (exact) mass is 256 g/mol. The van der Waals surface area contributed by atoms with Gasteiger partial charge in [0.15, 0.2) is 0 Å². The van der Waals surface area contributed by atoms with Gasteiger partial charge in [0.1, 0.15) is 0 Å². The summed E-state index contributed by atoms with van der Waals surface area (Å²) in [5.41, 5.74) is 7.98. The molecule has 96 valence electrons. The third kappa shape index (κ3) is 3.87. The summed E-state index contributed by atoms with van der Waals surface area (Å²) in [6, 6.07) is 6.22. The molecule has 2 N–H and O–H groups in total. The Morgan fingerprint density at radius 2 is 2.12 bits per heavy atom. The van der Waals surface area contributed by atoms with E-state index < -0.39 is 0 Å². The van der Waals surface area contributed by atoms with Crippen LogP contribution in [0.3, 0.4) is 0 Å². The van der Waals surface area contributed by atoms with Crippen molar-refractivity contribution in [3.05, 3.63) is 28.8 Å². The molecule has 1 aromatic rings. The third-order valence-electron chi connectivity index (χ3n) is 2.74. The van der Waals surface area contributed by atoms with Crippen molar-refractivity contribution in [3.63, 3.8) is 0 Å². The van der Waals surface area contributed by atoms with E-state index in [0.29, 0.717) is 19.2 Å². The van der Waals surface area contributed by atoms with Gasteiger partial charge in [-0.2, -0.15) is 0 Å². The predicted octanol–water partition coefficient (Wildman–Crippen LogP) is 2.66. The molecule has 0 atom stereocenters. The number of rotatable bonds is 6. The van der Waals surface area contributed by atoms with Crippen molar-refractivity contribution in [1.82, 2.24) is 0 Å². The van der Waals surface area contributed by atoms with Crippen LogP contribution in [0.15, 0.2) is 18.2 Å². The fraction of sp³-hybridized carbons (Fsp3) is 0.538.